The standard InChI is InChI=1S/C11H12N6O/c1-17-15-11(14-16-17)13-10(18)8-6-12-9-5-3-2-4-7(8)9/h2-5,8,12H,6H2,1H3,(H,13,15,18). The molecule has 2 heterocycles. The molecular weight excluding hydrogens is 232 g/mol. The van der Waals surface area contributed by atoms with Gasteiger partial charge < -0.3 is 5.32 Å². The van der Waals surface area contributed by atoms with E-state index in [1.54, 1.807) is 7.05 Å². The van der Waals surface area contributed by atoms with E-state index < -0.39 is 0 Å². The predicted molar refractivity (Wildman–Crippen MR) is 65.1 cm³/mol. The zero-order valence-electron chi connectivity index (χ0n) is 9.79. The van der Waals surface area contributed by atoms with Gasteiger partial charge in [0.2, 0.25) is 5.91 Å². The maximum absolute atomic E-state index is 12.1. The minimum absolute atomic E-state index is 0.125. The normalized spacial score (nSPS) is 17.1. The van der Waals surface area contributed by atoms with Gasteiger partial charge in [-0.3, -0.25) is 10.1 Å². The summed E-state index contributed by atoms with van der Waals surface area (Å²) in [6.45, 7) is 0.589. The Hall–Kier alpha value is -2.44. The van der Waals surface area contributed by atoms with Crippen molar-refractivity contribution in [3.05, 3.63) is 29.8 Å². The van der Waals surface area contributed by atoms with Crippen molar-refractivity contribution < 1.29 is 4.79 Å². The Morgan fingerprint density at radius 1 is 1.50 bits per heavy atom. The van der Waals surface area contributed by atoms with Crippen LogP contribution in [0.1, 0.15) is 11.5 Å². The molecule has 0 saturated carbocycles. The number of aromatic nitrogens is 4. The number of nitrogens with zero attached hydrogens (tertiary/aromatic N) is 4. The van der Waals surface area contributed by atoms with Crippen molar-refractivity contribution in [1.29, 1.82) is 0 Å². The highest BCUT2D eigenvalue weighted by molar-refractivity contribution is 5.97. The monoisotopic (exact) mass is 244 g/mol. The van der Waals surface area contributed by atoms with E-state index >= 15 is 0 Å². The van der Waals surface area contributed by atoms with Crippen LogP contribution < -0.4 is 10.6 Å². The molecule has 92 valence electrons. The number of hydrogen-bond donors (Lipinski definition) is 2. The maximum atomic E-state index is 12.1. The van der Waals surface area contributed by atoms with E-state index in [9.17, 15) is 4.79 Å². The van der Waals surface area contributed by atoms with E-state index in [4.69, 9.17) is 0 Å². The van der Waals surface area contributed by atoms with Crippen LogP contribution in [0.2, 0.25) is 0 Å². The number of amides is 1. The van der Waals surface area contributed by atoms with Crippen molar-refractivity contribution in [3.8, 4) is 0 Å². The lowest BCUT2D eigenvalue weighted by Gasteiger charge is -2.08. The van der Waals surface area contributed by atoms with Gasteiger partial charge in [0.1, 0.15) is 0 Å². The number of nitrogens with one attached hydrogen (secondary N) is 2. The van der Waals surface area contributed by atoms with Gasteiger partial charge in [0.15, 0.2) is 0 Å². The molecule has 2 aromatic rings. The molecule has 7 heteroatoms. The fraction of sp³-hybridized carbons (Fsp3) is 0.273. The van der Waals surface area contributed by atoms with Crippen LogP contribution in [-0.4, -0.2) is 32.7 Å². The number of tetrazole rings is 1. The third-order valence-electron chi connectivity index (χ3n) is 2.89. The average Bonchev–Trinajstić information content (AvgIpc) is 2.95. The van der Waals surface area contributed by atoms with E-state index in [0.717, 1.165) is 11.3 Å². The van der Waals surface area contributed by atoms with Crippen molar-refractivity contribution in [3.63, 3.8) is 0 Å². The molecule has 0 fully saturated rings. The average molecular weight is 244 g/mol. The lowest BCUT2D eigenvalue weighted by molar-refractivity contribution is -0.117. The summed E-state index contributed by atoms with van der Waals surface area (Å²) in [5.41, 5.74) is 2.00. The molecule has 3 rings (SSSR count). The third-order valence-corrected chi connectivity index (χ3v) is 2.89. The number of carbonyl (C=O) groups is 1. The Labute approximate surface area is 103 Å². The number of carbonyl (C=O) groups excluding carboxylic acids is 1. The number of rotatable bonds is 2. The van der Waals surface area contributed by atoms with Crippen LogP contribution in [0, 0.1) is 0 Å². The zero-order valence-corrected chi connectivity index (χ0v) is 9.79. The Kier molecular flexibility index (Phi) is 2.44. The minimum Gasteiger partial charge on any atom is -0.384 e. The first-order valence-electron chi connectivity index (χ1n) is 5.62. The van der Waals surface area contributed by atoms with Crippen molar-refractivity contribution in [2.75, 3.05) is 17.2 Å². The summed E-state index contributed by atoms with van der Waals surface area (Å²) >= 11 is 0. The molecule has 0 aliphatic carbocycles. The van der Waals surface area contributed by atoms with Crippen molar-refractivity contribution >= 4 is 17.5 Å². The van der Waals surface area contributed by atoms with E-state index in [-0.39, 0.29) is 17.8 Å². The summed E-state index contributed by atoms with van der Waals surface area (Å²) in [5.74, 6) is -0.114. The Balaban J connectivity index is 1.78. The summed E-state index contributed by atoms with van der Waals surface area (Å²) in [6, 6.07) is 7.77. The smallest absolute Gasteiger partial charge is 0.270 e. The second kappa shape index (κ2) is 4.10. The summed E-state index contributed by atoms with van der Waals surface area (Å²) in [4.78, 5) is 13.4. The highest BCUT2D eigenvalue weighted by atomic mass is 16.2. The first kappa shape index (κ1) is 10.7. The second-order valence-electron chi connectivity index (χ2n) is 4.11. The van der Waals surface area contributed by atoms with Crippen LogP contribution in [0.3, 0.4) is 0 Å². The predicted octanol–water partition coefficient (Wildman–Crippen LogP) is 0.358. The third kappa shape index (κ3) is 1.79. The Bertz CT molecular complexity index is 593. The number of fused-ring (bicyclic) bond motifs is 1. The number of hydrogen-bond acceptors (Lipinski definition) is 5. The molecule has 0 bridgehead atoms. The summed E-state index contributed by atoms with van der Waals surface area (Å²) in [7, 11) is 1.65. The maximum Gasteiger partial charge on any atom is 0.270 e. The Morgan fingerprint density at radius 3 is 3.11 bits per heavy atom. The van der Waals surface area contributed by atoms with Crippen LogP contribution >= 0.6 is 0 Å². The minimum atomic E-state index is -0.218. The van der Waals surface area contributed by atoms with Crippen LogP contribution in [0.15, 0.2) is 24.3 Å². The van der Waals surface area contributed by atoms with Gasteiger partial charge in [-0.15, -0.1) is 5.10 Å². The van der Waals surface area contributed by atoms with E-state index in [0.29, 0.717) is 6.54 Å². The molecule has 1 aromatic heterocycles. The van der Waals surface area contributed by atoms with Crippen molar-refractivity contribution in [2.45, 2.75) is 5.92 Å². The van der Waals surface area contributed by atoms with E-state index in [1.165, 1.54) is 4.80 Å². The van der Waals surface area contributed by atoms with Crippen LogP contribution in [-0.2, 0) is 11.8 Å². The van der Waals surface area contributed by atoms with Crippen LogP contribution in [0.5, 0.6) is 0 Å². The number of aryl methyl sites for hydroxylation is 1. The van der Waals surface area contributed by atoms with Gasteiger partial charge in [0.25, 0.3) is 5.95 Å². The summed E-state index contributed by atoms with van der Waals surface area (Å²) < 4.78 is 0. The number of benzene rings is 1. The SMILES string of the molecule is Cn1nnc(NC(=O)C2CNc3ccccc32)n1. The topological polar surface area (TPSA) is 84.7 Å². The van der Waals surface area contributed by atoms with Gasteiger partial charge in [0.05, 0.1) is 13.0 Å². The zero-order chi connectivity index (χ0) is 12.5. The first-order chi connectivity index (χ1) is 8.74. The molecule has 7 nitrogen and oxygen atoms in total. The molecule has 1 aliphatic rings. The molecule has 1 amide bonds. The van der Waals surface area contributed by atoms with Gasteiger partial charge in [-0.2, -0.15) is 4.80 Å². The molecular formula is C11H12N6O. The van der Waals surface area contributed by atoms with E-state index in [1.807, 2.05) is 24.3 Å². The quantitative estimate of drug-likeness (QED) is 0.796. The van der Waals surface area contributed by atoms with Crippen LogP contribution in [0.4, 0.5) is 11.6 Å². The first-order valence-corrected chi connectivity index (χ1v) is 5.62. The molecule has 0 saturated heterocycles. The molecule has 1 aliphatic heterocycles. The van der Waals surface area contributed by atoms with Crippen molar-refractivity contribution in [1.82, 2.24) is 20.2 Å². The second-order valence-corrected chi connectivity index (χ2v) is 4.11. The highest BCUT2D eigenvalue weighted by Crippen LogP contribution is 2.31. The molecule has 0 spiro atoms. The summed E-state index contributed by atoms with van der Waals surface area (Å²) in [6.07, 6.45) is 0. The van der Waals surface area contributed by atoms with Gasteiger partial charge >= 0.3 is 0 Å². The molecule has 2 N–H and O–H groups in total. The van der Waals surface area contributed by atoms with Gasteiger partial charge in [-0.1, -0.05) is 23.3 Å². The van der Waals surface area contributed by atoms with Crippen molar-refractivity contribution in [2.24, 2.45) is 7.05 Å². The largest absolute Gasteiger partial charge is 0.384 e. The Morgan fingerprint density at radius 2 is 2.33 bits per heavy atom. The molecule has 18 heavy (non-hydrogen) atoms. The fourth-order valence-corrected chi connectivity index (χ4v) is 2.05. The summed E-state index contributed by atoms with van der Waals surface area (Å²) in [5, 5.41) is 17.2. The fourth-order valence-electron chi connectivity index (χ4n) is 2.05. The molecule has 1 aromatic carbocycles. The molecule has 0 radical (unpaired) electrons. The van der Waals surface area contributed by atoms with E-state index in [2.05, 4.69) is 26.0 Å². The van der Waals surface area contributed by atoms with Gasteiger partial charge in [-0.25, -0.2) is 0 Å². The molecule has 1 atom stereocenters. The number of anilines is 2. The number of para-hydroxylation sites is 1. The lowest BCUT2D eigenvalue weighted by Crippen LogP contribution is -2.23. The van der Waals surface area contributed by atoms with Gasteiger partial charge in [-0.05, 0) is 16.8 Å². The molecule has 1 unspecified atom stereocenters. The lowest BCUT2D eigenvalue weighted by atomic mass is 10.0. The van der Waals surface area contributed by atoms with Crippen LogP contribution in [0.25, 0.3) is 0 Å². The highest BCUT2D eigenvalue weighted by Gasteiger charge is 2.28. The van der Waals surface area contributed by atoms with Gasteiger partial charge in [0, 0.05) is 12.2 Å².